The molecule has 0 aromatic rings. The van der Waals surface area contributed by atoms with Gasteiger partial charge in [0.05, 0.1) is 25.4 Å². The summed E-state index contributed by atoms with van der Waals surface area (Å²) in [7, 11) is 0. The normalized spacial score (nSPS) is 13.0. The van der Waals surface area contributed by atoms with Gasteiger partial charge in [-0.25, -0.2) is 0 Å². The molecule has 0 rings (SSSR count). The minimum atomic E-state index is -0.855. The van der Waals surface area contributed by atoms with Crippen LogP contribution in [0.1, 0.15) is 245 Å². The van der Waals surface area contributed by atoms with E-state index >= 15 is 0 Å². The standard InChI is InChI=1S/C50H93NO5/c1-3-5-7-9-11-13-15-16-17-18-19-20-21-24-28-32-36-40-44-50(55)56-45-41-37-33-29-25-22-23-27-31-35-39-43-49(54)51-47(46-52)48(53)42-38-34-30-26-14-12-10-8-6-4-2/h13,15,17-18,38,42,47-48,52-53H,3-12,14,16,19-37,39-41,43-46H2,1-2H3,(H,51,54)/b15-13-,18-17-,42-38+. The van der Waals surface area contributed by atoms with Crippen molar-refractivity contribution in [1.82, 2.24) is 5.32 Å². The summed E-state index contributed by atoms with van der Waals surface area (Å²) >= 11 is 0. The van der Waals surface area contributed by atoms with Crippen molar-refractivity contribution >= 4 is 11.9 Å². The smallest absolute Gasteiger partial charge is 0.305 e. The number of ether oxygens (including phenoxy) is 1. The molecule has 0 saturated heterocycles. The van der Waals surface area contributed by atoms with Gasteiger partial charge in [-0.1, -0.05) is 204 Å². The third-order valence-electron chi connectivity index (χ3n) is 10.9. The molecular weight excluding hydrogens is 695 g/mol. The quantitative estimate of drug-likeness (QED) is 0.0325. The number of aliphatic hydroxyl groups excluding tert-OH is 2. The minimum absolute atomic E-state index is 0.0239. The Labute approximate surface area is 347 Å². The number of carbonyl (C=O) groups is 2. The largest absolute Gasteiger partial charge is 0.466 e. The first-order chi connectivity index (χ1) is 27.5. The van der Waals surface area contributed by atoms with Crippen LogP contribution in [0.5, 0.6) is 0 Å². The van der Waals surface area contributed by atoms with Crippen LogP contribution in [0.2, 0.25) is 0 Å². The molecule has 2 unspecified atom stereocenters. The van der Waals surface area contributed by atoms with E-state index in [1.54, 1.807) is 6.08 Å². The fourth-order valence-corrected chi connectivity index (χ4v) is 7.13. The lowest BCUT2D eigenvalue weighted by Gasteiger charge is -2.20. The second kappa shape index (κ2) is 45.8. The highest BCUT2D eigenvalue weighted by atomic mass is 16.5. The van der Waals surface area contributed by atoms with E-state index in [0.717, 1.165) is 64.2 Å². The van der Waals surface area contributed by atoms with Crippen LogP contribution in [0, 0.1) is 0 Å². The van der Waals surface area contributed by atoms with Crippen LogP contribution in [0.3, 0.4) is 0 Å². The van der Waals surface area contributed by atoms with Crippen molar-refractivity contribution in [3.63, 3.8) is 0 Å². The fraction of sp³-hybridized carbons (Fsp3) is 0.840. The monoisotopic (exact) mass is 788 g/mol. The maximum Gasteiger partial charge on any atom is 0.305 e. The van der Waals surface area contributed by atoms with Gasteiger partial charge >= 0.3 is 5.97 Å². The molecule has 0 aromatic carbocycles. The second-order valence-electron chi connectivity index (χ2n) is 16.4. The molecule has 0 spiro atoms. The average Bonchev–Trinajstić information content (AvgIpc) is 3.20. The van der Waals surface area contributed by atoms with Gasteiger partial charge in [0, 0.05) is 12.8 Å². The van der Waals surface area contributed by atoms with Gasteiger partial charge in [0.2, 0.25) is 5.91 Å². The van der Waals surface area contributed by atoms with E-state index in [4.69, 9.17) is 4.74 Å². The number of carbonyl (C=O) groups excluding carboxylic acids is 2. The van der Waals surface area contributed by atoms with Crippen molar-refractivity contribution in [3.8, 4) is 0 Å². The number of nitrogens with one attached hydrogen (secondary N) is 1. The lowest BCUT2D eigenvalue weighted by atomic mass is 10.0. The maximum absolute atomic E-state index is 12.4. The maximum atomic E-state index is 12.4. The van der Waals surface area contributed by atoms with Crippen molar-refractivity contribution in [2.24, 2.45) is 0 Å². The highest BCUT2D eigenvalue weighted by molar-refractivity contribution is 5.76. The van der Waals surface area contributed by atoms with Crippen LogP contribution >= 0.6 is 0 Å². The Morgan fingerprint density at radius 3 is 1.38 bits per heavy atom. The first-order valence-corrected chi connectivity index (χ1v) is 24.3. The summed E-state index contributed by atoms with van der Waals surface area (Å²) in [5, 5.41) is 22.9. The molecule has 3 N–H and O–H groups in total. The van der Waals surface area contributed by atoms with Crippen LogP contribution < -0.4 is 5.32 Å². The molecule has 56 heavy (non-hydrogen) atoms. The summed E-state index contributed by atoms with van der Waals surface area (Å²) in [5.41, 5.74) is 0. The summed E-state index contributed by atoms with van der Waals surface area (Å²) in [6, 6.07) is -0.641. The molecule has 2 atom stereocenters. The van der Waals surface area contributed by atoms with Crippen molar-refractivity contribution < 1.29 is 24.5 Å². The molecule has 6 nitrogen and oxygen atoms in total. The molecule has 0 radical (unpaired) electrons. The number of hydrogen-bond donors (Lipinski definition) is 3. The zero-order valence-corrected chi connectivity index (χ0v) is 37.1. The van der Waals surface area contributed by atoms with E-state index < -0.39 is 12.1 Å². The third kappa shape index (κ3) is 41.7. The molecule has 0 aliphatic heterocycles. The molecule has 0 aliphatic rings. The molecule has 6 heteroatoms. The molecule has 0 heterocycles. The molecule has 0 aliphatic carbocycles. The van der Waals surface area contributed by atoms with Gasteiger partial charge in [0.1, 0.15) is 0 Å². The molecule has 0 fully saturated rings. The zero-order valence-electron chi connectivity index (χ0n) is 37.1. The number of unbranched alkanes of at least 4 members (excludes halogenated alkanes) is 29. The Bertz CT molecular complexity index is 915. The Morgan fingerprint density at radius 1 is 0.500 bits per heavy atom. The van der Waals surface area contributed by atoms with Gasteiger partial charge in [-0.2, -0.15) is 0 Å². The first-order valence-electron chi connectivity index (χ1n) is 24.3. The van der Waals surface area contributed by atoms with Gasteiger partial charge in [-0.3, -0.25) is 9.59 Å². The summed E-state index contributed by atoms with van der Waals surface area (Å²) < 4.78 is 5.46. The molecule has 0 saturated carbocycles. The van der Waals surface area contributed by atoms with E-state index in [2.05, 4.69) is 43.5 Å². The Kier molecular flexibility index (Phi) is 44.2. The Hall–Kier alpha value is -1.92. The number of amides is 1. The van der Waals surface area contributed by atoms with Gasteiger partial charge in [-0.05, 0) is 64.2 Å². The van der Waals surface area contributed by atoms with Gasteiger partial charge in [0.15, 0.2) is 0 Å². The lowest BCUT2D eigenvalue weighted by molar-refractivity contribution is -0.143. The van der Waals surface area contributed by atoms with Crippen LogP contribution in [0.15, 0.2) is 36.5 Å². The predicted molar refractivity (Wildman–Crippen MR) is 241 cm³/mol. The van der Waals surface area contributed by atoms with Crippen molar-refractivity contribution in [3.05, 3.63) is 36.5 Å². The Morgan fingerprint density at radius 2 is 0.893 bits per heavy atom. The summed E-state index contributed by atoms with van der Waals surface area (Å²) in [4.78, 5) is 24.4. The summed E-state index contributed by atoms with van der Waals surface area (Å²) in [6.07, 6.45) is 54.2. The number of hydrogen-bond acceptors (Lipinski definition) is 5. The summed E-state index contributed by atoms with van der Waals surface area (Å²) in [6.45, 7) is 4.81. The molecule has 1 amide bonds. The van der Waals surface area contributed by atoms with Crippen molar-refractivity contribution in [1.29, 1.82) is 0 Å². The molecule has 0 aromatic heterocycles. The topological polar surface area (TPSA) is 95.9 Å². The number of allylic oxidation sites excluding steroid dienone is 5. The molecule has 0 bridgehead atoms. The van der Waals surface area contributed by atoms with E-state index in [0.29, 0.717) is 19.4 Å². The van der Waals surface area contributed by atoms with Crippen LogP contribution in [-0.2, 0) is 14.3 Å². The van der Waals surface area contributed by atoms with Crippen LogP contribution in [-0.4, -0.2) is 47.4 Å². The summed E-state index contributed by atoms with van der Waals surface area (Å²) in [5.74, 6) is -0.114. The molecular formula is C50H93NO5. The minimum Gasteiger partial charge on any atom is -0.466 e. The van der Waals surface area contributed by atoms with E-state index in [1.165, 1.54) is 154 Å². The van der Waals surface area contributed by atoms with E-state index in [-0.39, 0.29) is 18.5 Å². The number of aliphatic hydroxyl groups is 2. The predicted octanol–water partition coefficient (Wildman–Crippen LogP) is 14.1. The lowest BCUT2D eigenvalue weighted by Crippen LogP contribution is -2.45. The van der Waals surface area contributed by atoms with Gasteiger partial charge < -0.3 is 20.3 Å². The van der Waals surface area contributed by atoms with Crippen molar-refractivity contribution in [2.75, 3.05) is 13.2 Å². The van der Waals surface area contributed by atoms with Gasteiger partial charge in [0.25, 0.3) is 0 Å². The highest BCUT2D eigenvalue weighted by Crippen LogP contribution is 2.14. The first kappa shape index (κ1) is 54.1. The van der Waals surface area contributed by atoms with Crippen LogP contribution in [0.25, 0.3) is 0 Å². The fourth-order valence-electron chi connectivity index (χ4n) is 7.13. The Balaban J connectivity index is 3.48. The second-order valence-corrected chi connectivity index (χ2v) is 16.4. The van der Waals surface area contributed by atoms with E-state index in [1.807, 2.05) is 6.08 Å². The van der Waals surface area contributed by atoms with Crippen LogP contribution in [0.4, 0.5) is 0 Å². The van der Waals surface area contributed by atoms with E-state index in [9.17, 15) is 19.8 Å². The van der Waals surface area contributed by atoms with Gasteiger partial charge in [-0.15, -0.1) is 0 Å². The third-order valence-corrected chi connectivity index (χ3v) is 10.9. The highest BCUT2D eigenvalue weighted by Gasteiger charge is 2.18. The number of esters is 1. The number of rotatable bonds is 44. The molecule has 328 valence electrons. The average molecular weight is 788 g/mol. The SMILES string of the molecule is CCCCCC/C=C\C/C=C\CCCCCCCCCC(=O)OCCCCCCCCCCCCCC(=O)NC(CO)C(O)/C=C/CCCCCCCCCC. The zero-order chi connectivity index (χ0) is 40.8. The van der Waals surface area contributed by atoms with Crippen molar-refractivity contribution in [2.45, 2.75) is 257 Å².